The predicted molar refractivity (Wildman–Crippen MR) is 89.4 cm³/mol. The summed E-state index contributed by atoms with van der Waals surface area (Å²) < 4.78 is 0. The number of hydrogen-bond acceptors (Lipinski definition) is 3. The van der Waals surface area contributed by atoms with Gasteiger partial charge in [-0.25, -0.2) is 4.79 Å². The highest BCUT2D eigenvalue weighted by molar-refractivity contribution is 5.89. The number of nitrogens with one attached hydrogen (secondary N) is 1. The molecule has 6 nitrogen and oxygen atoms in total. The summed E-state index contributed by atoms with van der Waals surface area (Å²) in [5.41, 5.74) is 1.04. The molecule has 1 aliphatic heterocycles. The Labute approximate surface area is 141 Å². The number of carbonyl (C=O) groups is 3. The van der Waals surface area contributed by atoms with Crippen LogP contribution in [0.4, 0.5) is 0 Å². The van der Waals surface area contributed by atoms with Crippen molar-refractivity contribution < 1.29 is 19.5 Å². The van der Waals surface area contributed by atoms with Crippen molar-refractivity contribution in [2.75, 3.05) is 6.54 Å². The van der Waals surface area contributed by atoms with Gasteiger partial charge in [-0.2, -0.15) is 0 Å². The van der Waals surface area contributed by atoms with Crippen LogP contribution >= 0.6 is 0 Å². The summed E-state index contributed by atoms with van der Waals surface area (Å²) in [5.74, 6) is -1.36. The molecule has 0 aromatic heterocycles. The van der Waals surface area contributed by atoms with E-state index in [0.717, 1.165) is 18.4 Å². The minimum atomic E-state index is -0.975. The van der Waals surface area contributed by atoms with Crippen molar-refractivity contribution in [2.24, 2.45) is 5.92 Å². The van der Waals surface area contributed by atoms with Crippen molar-refractivity contribution in [3.05, 3.63) is 35.4 Å². The normalized spacial score (nSPS) is 17.4. The van der Waals surface area contributed by atoms with E-state index < -0.39 is 5.97 Å². The molecule has 1 atom stereocenters. The van der Waals surface area contributed by atoms with Crippen LogP contribution in [-0.4, -0.2) is 40.4 Å². The van der Waals surface area contributed by atoms with Gasteiger partial charge in [0.05, 0.1) is 11.5 Å². The van der Waals surface area contributed by atoms with Crippen molar-refractivity contribution in [1.82, 2.24) is 10.2 Å². The zero-order valence-electron chi connectivity index (χ0n) is 14.1. The number of carboxylic acids is 1. The predicted octanol–water partition coefficient (Wildman–Crippen LogP) is 2.04. The molecule has 6 heteroatoms. The fraction of sp³-hybridized carbons (Fsp3) is 0.500. The third-order valence-electron chi connectivity index (χ3n) is 4.58. The summed E-state index contributed by atoms with van der Waals surface area (Å²) >= 11 is 0. The van der Waals surface area contributed by atoms with E-state index >= 15 is 0 Å². The van der Waals surface area contributed by atoms with Crippen LogP contribution < -0.4 is 5.32 Å². The summed E-state index contributed by atoms with van der Waals surface area (Å²) in [6, 6.07) is 6.59. The summed E-state index contributed by atoms with van der Waals surface area (Å²) in [4.78, 5) is 37.1. The van der Waals surface area contributed by atoms with Crippen LogP contribution in [0.25, 0.3) is 0 Å². The molecule has 0 bridgehead atoms. The Bertz CT molecular complexity index is 608. The van der Waals surface area contributed by atoms with Gasteiger partial charge in [-0.3, -0.25) is 9.59 Å². The summed E-state index contributed by atoms with van der Waals surface area (Å²) in [5, 5.41) is 11.7. The van der Waals surface area contributed by atoms with Crippen molar-refractivity contribution >= 4 is 17.8 Å². The molecule has 130 valence electrons. The second kappa shape index (κ2) is 7.95. The molecule has 0 saturated carbocycles. The van der Waals surface area contributed by atoms with E-state index in [-0.39, 0.29) is 35.8 Å². The molecule has 0 radical (unpaired) electrons. The van der Waals surface area contributed by atoms with Gasteiger partial charge in [0.1, 0.15) is 0 Å². The number of likely N-dealkylation sites (tertiary alicyclic amines) is 1. The molecule has 1 aromatic rings. The number of hydrogen-bond donors (Lipinski definition) is 2. The number of benzene rings is 1. The second-order valence-corrected chi connectivity index (χ2v) is 6.14. The minimum absolute atomic E-state index is 0.0506. The van der Waals surface area contributed by atoms with Gasteiger partial charge in [-0.15, -0.1) is 0 Å². The molecule has 1 heterocycles. The lowest BCUT2D eigenvalue weighted by atomic mass is 10.1. The third kappa shape index (κ3) is 4.13. The number of nitrogens with zero attached hydrogens (tertiary/aromatic N) is 1. The highest BCUT2D eigenvalue weighted by atomic mass is 16.4. The van der Waals surface area contributed by atoms with Crippen LogP contribution in [0.3, 0.4) is 0 Å². The molecule has 1 fully saturated rings. The van der Waals surface area contributed by atoms with Gasteiger partial charge in [0, 0.05) is 25.6 Å². The van der Waals surface area contributed by atoms with E-state index in [9.17, 15) is 14.4 Å². The lowest BCUT2D eigenvalue weighted by molar-refractivity contribution is -0.130. The van der Waals surface area contributed by atoms with Crippen LogP contribution in [-0.2, 0) is 16.1 Å². The maximum atomic E-state index is 12.3. The van der Waals surface area contributed by atoms with Gasteiger partial charge in [0.25, 0.3) is 0 Å². The summed E-state index contributed by atoms with van der Waals surface area (Å²) in [7, 11) is 0. The molecule has 1 saturated heterocycles. The van der Waals surface area contributed by atoms with E-state index in [2.05, 4.69) is 19.2 Å². The maximum absolute atomic E-state index is 12.3. The van der Waals surface area contributed by atoms with E-state index in [1.54, 1.807) is 12.1 Å². The van der Waals surface area contributed by atoms with Gasteiger partial charge in [0.15, 0.2) is 0 Å². The molecule has 2 amide bonds. The fourth-order valence-corrected chi connectivity index (χ4v) is 3.09. The number of aromatic carboxylic acids is 1. The molecule has 24 heavy (non-hydrogen) atoms. The first-order valence-electron chi connectivity index (χ1n) is 8.35. The first kappa shape index (κ1) is 18.0. The van der Waals surface area contributed by atoms with Crippen molar-refractivity contribution in [1.29, 1.82) is 0 Å². The second-order valence-electron chi connectivity index (χ2n) is 6.14. The summed E-state index contributed by atoms with van der Waals surface area (Å²) in [6.07, 6.45) is 2.05. The molecule has 2 rings (SSSR count). The lowest BCUT2D eigenvalue weighted by Crippen LogP contribution is -2.37. The molecule has 2 N–H and O–H groups in total. The number of rotatable bonds is 7. The first-order valence-corrected chi connectivity index (χ1v) is 8.35. The monoisotopic (exact) mass is 332 g/mol. The van der Waals surface area contributed by atoms with Crippen molar-refractivity contribution in [3.8, 4) is 0 Å². The zero-order chi connectivity index (χ0) is 17.7. The topological polar surface area (TPSA) is 86.7 Å². The van der Waals surface area contributed by atoms with Crippen molar-refractivity contribution in [2.45, 2.75) is 45.7 Å². The highest BCUT2D eigenvalue weighted by Crippen LogP contribution is 2.23. The SMILES string of the molecule is CCC(CC)N1CC(C(=O)NCc2ccc(C(=O)O)cc2)CC1=O. The number of carboxylic acid groups (broad SMARTS) is 1. The molecule has 1 unspecified atom stereocenters. The molecule has 0 spiro atoms. The Morgan fingerprint density at radius 3 is 2.42 bits per heavy atom. The average molecular weight is 332 g/mol. The molecular weight excluding hydrogens is 308 g/mol. The largest absolute Gasteiger partial charge is 0.478 e. The summed E-state index contributed by atoms with van der Waals surface area (Å²) in [6.45, 7) is 4.91. The Balaban J connectivity index is 1.89. The Morgan fingerprint density at radius 1 is 1.25 bits per heavy atom. The fourth-order valence-electron chi connectivity index (χ4n) is 3.09. The standard InChI is InChI=1S/C18H24N2O4/c1-3-15(4-2)20-11-14(9-16(20)21)17(22)19-10-12-5-7-13(8-6-12)18(23)24/h5-8,14-15H,3-4,9-11H2,1-2H3,(H,19,22)(H,23,24). The van der Waals surface area contributed by atoms with Gasteiger partial charge in [-0.1, -0.05) is 26.0 Å². The first-order chi connectivity index (χ1) is 11.5. The van der Waals surface area contributed by atoms with Crippen LogP contribution in [0, 0.1) is 5.92 Å². The zero-order valence-corrected chi connectivity index (χ0v) is 14.1. The number of carbonyl (C=O) groups excluding carboxylic acids is 2. The van der Waals surface area contributed by atoms with Crippen LogP contribution in [0.1, 0.15) is 49.0 Å². The third-order valence-corrected chi connectivity index (χ3v) is 4.58. The Hall–Kier alpha value is -2.37. The quantitative estimate of drug-likeness (QED) is 0.800. The maximum Gasteiger partial charge on any atom is 0.335 e. The minimum Gasteiger partial charge on any atom is -0.478 e. The van der Waals surface area contributed by atoms with E-state index in [1.165, 1.54) is 12.1 Å². The van der Waals surface area contributed by atoms with E-state index in [1.807, 2.05) is 4.90 Å². The Kier molecular flexibility index (Phi) is 5.95. The number of amides is 2. The molecule has 1 aliphatic rings. The molecule has 0 aliphatic carbocycles. The molecule has 1 aromatic carbocycles. The Morgan fingerprint density at radius 2 is 1.88 bits per heavy atom. The van der Waals surface area contributed by atoms with E-state index in [0.29, 0.717) is 13.1 Å². The lowest BCUT2D eigenvalue weighted by Gasteiger charge is -2.26. The van der Waals surface area contributed by atoms with Crippen LogP contribution in [0.5, 0.6) is 0 Å². The van der Waals surface area contributed by atoms with Gasteiger partial charge >= 0.3 is 5.97 Å². The highest BCUT2D eigenvalue weighted by Gasteiger charge is 2.36. The molecular formula is C18H24N2O4. The van der Waals surface area contributed by atoms with Crippen LogP contribution in [0.2, 0.25) is 0 Å². The van der Waals surface area contributed by atoms with Crippen LogP contribution in [0.15, 0.2) is 24.3 Å². The van der Waals surface area contributed by atoms with Gasteiger partial charge in [0.2, 0.25) is 11.8 Å². The average Bonchev–Trinajstić information content (AvgIpc) is 2.96. The van der Waals surface area contributed by atoms with Gasteiger partial charge < -0.3 is 15.3 Å². The van der Waals surface area contributed by atoms with Gasteiger partial charge in [-0.05, 0) is 30.5 Å². The van der Waals surface area contributed by atoms with Crippen molar-refractivity contribution in [3.63, 3.8) is 0 Å². The van der Waals surface area contributed by atoms with E-state index in [4.69, 9.17) is 5.11 Å². The smallest absolute Gasteiger partial charge is 0.335 e.